The third-order valence-corrected chi connectivity index (χ3v) is 0. The summed E-state index contributed by atoms with van der Waals surface area (Å²) in [6, 6.07) is 0. The largest absolute Gasteiger partial charge is 1.00 e. The fourth-order valence-electron chi connectivity index (χ4n) is 0. The Morgan fingerprint density at radius 1 is 0.800 bits per heavy atom. The summed E-state index contributed by atoms with van der Waals surface area (Å²) in [5.74, 6) is 0. The molecule has 0 amide bonds. The van der Waals surface area contributed by atoms with Crippen molar-refractivity contribution in [1.29, 1.82) is 0 Å². The summed E-state index contributed by atoms with van der Waals surface area (Å²) in [5, 5.41) is 0. The van der Waals surface area contributed by atoms with E-state index >= 15 is 0 Å². The van der Waals surface area contributed by atoms with E-state index in [1.54, 1.807) is 0 Å². The molecule has 36 valence electrons. The molecule has 0 atom stereocenters. The first kappa shape index (κ1) is 36.2. The molecule has 10 heteroatoms. The molecule has 0 heterocycles. The van der Waals surface area contributed by atoms with Crippen LogP contribution in [0, 0.1) is 0 Å². The second-order valence-electron chi connectivity index (χ2n) is 0.447. The van der Waals surface area contributed by atoms with Gasteiger partial charge in [-0.3, -0.25) is 0 Å². The predicted octanol–water partition coefficient (Wildman–Crippen LogP) is -17.6. The van der Waals surface area contributed by atoms with Gasteiger partial charge in [0, 0.05) is 0 Å². The molecule has 0 spiro atoms. The van der Waals surface area contributed by atoms with E-state index in [1.165, 1.54) is 0 Å². The molecule has 0 saturated carbocycles. The van der Waals surface area contributed by atoms with Crippen LogP contribution >= 0.6 is 7.82 Å². The van der Waals surface area contributed by atoms with Gasteiger partial charge in [-0.25, -0.2) is 0 Å². The fourth-order valence-corrected chi connectivity index (χ4v) is 0. The second-order valence-corrected chi connectivity index (χ2v) is 1.34. The van der Waals surface area contributed by atoms with E-state index in [9.17, 15) is 0 Å². The van der Waals surface area contributed by atoms with E-state index in [1.807, 2.05) is 0 Å². The molecule has 0 aliphatic heterocycles. The third kappa shape index (κ3) is 73.6. The van der Waals surface area contributed by atoms with Crippen molar-refractivity contribution in [3.63, 3.8) is 0 Å². The van der Waals surface area contributed by atoms with Crippen LogP contribution in [0.5, 0.6) is 0 Å². The van der Waals surface area contributed by atoms with Crippen molar-refractivity contribution in [3.05, 3.63) is 0 Å². The van der Waals surface area contributed by atoms with Crippen LogP contribution in [0.4, 0.5) is 0 Å². The van der Waals surface area contributed by atoms with Gasteiger partial charge in [0.2, 0.25) is 0 Å². The van der Waals surface area contributed by atoms with Crippen LogP contribution < -0.4 is 162 Å². The average Bonchev–Trinajstić information content (AvgIpc) is 0.722. The maximum Gasteiger partial charge on any atom is 1.00 e. The molecule has 0 unspecified atom stereocenters. The van der Waals surface area contributed by atoms with Gasteiger partial charge in [0.05, 0.1) is 0 Å². The maximum absolute atomic E-state index is 8.55. The van der Waals surface area contributed by atoms with Crippen LogP contribution in [0.2, 0.25) is 0 Å². The van der Waals surface area contributed by atoms with Crippen molar-refractivity contribution in [2.45, 2.75) is 0 Å². The monoisotopic (exact) mass is 212 g/mol. The molecular weight excluding hydrogens is 210 g/mol. The van der Waals surface area contributed by atoms with Crippen LogP contribution in [0.25, 0.3) is 0 Å². The van der Waals surface area contributed by atoms with Gasteiger partial charge in [0.1, 0.15) is 0 Å². The molecule has 0 rings (SSSR count). The molecule has 0 fully saturated rings. The van der Waals surface area contributed by atoms with Crippen molar-refractivity contribution < 1.29 is 170 Å². The summed E-state index contributed by atoms with van der Waals surface area (Å²) in [6.07, 6.45) is 0. The maximum atomic E-state index is 8.55. The fraction of sp³-hybridized carbons (Fsp3) is 0. The summed E-state index contributed by atoms with van der Waals surface area (Å²) in [4.78, 5) is 25.6. The van der Waals surface area contributed by atoms with Crippen LogP contribution in [-0.4, -0.2) is 0 Å². The van der Waals surface area contributed by atoms with Crippen molar-refractivity contribution in [1.82, 2.24) is 0 Å². The summed E-state index contributed by atoms with van der Waals surface area (Å²) in [5.41, 5.74) is 0. The van der Waals surface area contributed by atoms with Crippen molar-refractivity contribution in [2.24, 2.45) is 0 Å². The minimum absolute atomic E-state index is 0. The third-order valence-electron chi connectivity index (χ3n) is 0. The van der Waals surface area contributed by atoms with Crippen molar-refractivity contribution in [3.8, 4) is 0 Å². The van der Waals surface area contributed by atoms with Crippen LogP contribution in [-0.2, 0) is 4.57 Å². The first-order valence-corrected chi connectivity index (χ1v) is 2.19. The van der Waals surface area contributed by atoms with Gasteiger partial charge in [-0.2, -0.15) is 7.82 Å². The van der Waals surface area contributed by atoms with Gasteiger partial charge in [0.15, 0.2) is 0 Å². The van der Waals surface area contributed by atoms with Gasteiger partial charge in [-0.05, 0) is 0 Å². The number of hydrogen-bond acceptors (Lipinski definition) is 4. The SMILES string of the molecule is O=P([O-])([O-])[O-].[H-].[H-].[Na+].[Na+].[Na+].[Na+].[Na+]. The zero-order chi connectivity index (χ0) is 4.50. The molecule has 0 aromatic heterocycles. The molecule has 0 radical (unpaired) electrons. The van der Waals surface area contributed by atoms with E-state index in [0.29, 0.717) is 0 Å². The van der Waals surface area contributed by atoms with E-state index < -0.39 is 7.82 Å². The Morgan fingerprint density at radius 2 is 0.800 bits per heavy atom. The first-order chi connectivity index (χ1) is 2.00. The first-order valence-electron chi connectivity index (χ1n) is 0.730. The summed E-state index contributed by atoms with van der Waals surface area (Å²) < 4.78 is 8.55. The van der Waals surface area contributed by atoms with Gasteiger partial charge >= 0.3 is 148 Å². The Hall–Kier alpha value is 5.11. The molecule has 0 saturated heterocycles. The number of hydrogen-bond donors (Lipinski definition) is 0. The number of phosphoric acid groups is 1. The molecule has 0 bridgehead atoms. The Bertz CT molecular complexity index is 67.6. The van der Waals surface area contributed by atoms with E-state index in [2.05, 4.69) is 0 Å². The van der Waals surface area contributed by atoms with E-state index in [4.69, 9.17) is 19.2 Å². The second kappa shape index (κ2) is 19.6. The summed E-state index contributed by atoms with van der Waals surface area (Å²) in [6.45, 7) is 0. The quantitative estimate of drug-likeness (QED) is 0.294. The van der Waals surface area contributed by atoms with E-state index in [-0.39, 0.29) is 151 Å². The smallest absolute Gasteiger partial charge is 1.00 e. The average molecular weight is 212 g/mol. The van der Waals surface area contributed by atoms with Gasteiger partial charge in [-0.15, -0.1) is 0 Å². The molecule has 0 aliphatic carbocycles. The molecule has 10 heavy (non-hydrogen) atoms. The van der Waals surface area contributed by atoms with Crippen LogP contribution in [0.3, 0.4) is 0 Å². The minimum Gasteiger partial charge on any atom is -1.00 e. The van der Waals surface area contributed by atoms with Crippen molar-refractivity contribution in [2.75, 3.05) is 0 Å². The zero-order valence-electron chi connectivity index (χ0n) is 9.08. The summed E-state index contributed by atoms with van der Waals surface area (Å²) >= 11 is 0. The zero-order valence-corrected chi connectivity index (χ0v) is 18.0. The van der Waals surface area contributed by atoms with Gasteiger partial charge < -0.3 is 22.1 Å². The Morgan fingerprint density at radius 3 is 0.800 bits per heavy atom. The molecular formula is H2Na5O4P. The Labute approximate surface area is 173 Å². The number of rotatable bonds is 0. The molecule has 0 aromatic rings. The van der Waals surface area contributed by atoms with Crippen LogP contribution in [0.1, 0.15) is 2.85 Å². The van der Waals surface area contributed by atoms with Crippen LogP contribution in [0.15, 0.2) is 0 Å². The molecule has 4 nitrogen and oxygen atoms in total. The minimum atomic E-state index is -5.39. The van der Waals surface area contributed by atoms with Gasteiger partial charge in [-0.1, -0.05) is 0 Å². The standard InChI is InChI=1S/5Na.H3O4P.2H/c;;;;;1-5(2,3)4;;/h;;;;;(H3,1,2,3,4);;/q5*+1;;2*-1/p-3. The Balaban J connectivity index is -0.00000000381. The molecule has 0 N–H and O–H groups in total. The van der Waals surface area contributed by atoms with E-state index in [0.717, 1.165) is 0 Å². The molecule has 0 aromatic carbocycles. The topological polar surface area (TPSA) is 86.2 Å². The summed E-state index contributed by atoms with van der Waals surface area (Å²) in [7, 11) is -5.39. The van der Waals surface area contributed by atoms with Gasteiger partial charge in [0.25, 0.3) is 0 Å². The molecule has 0 aliphatic rings. The normalized spacial score (nSPS) is 5.90. The predicted molar refractivity (Wildman–Crippen MR) is 9.83 cm³/mol. The van der Waals surface area contributed by atoms with Crippen molar-refractivity contribution >= 4 is 7.82 Å². The Kier molecular flexibility index (Phi) is 71.2.